The fourth-order valence-electron chi connectivity index (χ4n) is 2.58. The minimum absolute atomic E-state index is 0.195. The molecule has 1 amide bonds. The number of phenolic OH excluding ortho intramolecular Hbond substituents is 1. The Labute approximate surface area is 125 Å². The van der Waals surface area contributed by atoms with E-state index in [1.165, 1.54) is 0 Å². The minimum Gasteiger partial charge on any atom is -0.508 e. The average molecular weight is 292 g/mol. The van der Waals surface area contributed by atoms with Crippen LogP contribution >= 0.6 is 0 Å². The predicted octanol–water partition coefficient (Wildman–Crippen LogP) is 2.57. The maximum Gasteiger partial charge on any atom is 0.407 e. The van der Waals surface area contributed by atoms with Crippen LogP contribution in [0.5, 0.6) is 5.75 Å². The summed E-state index contributed by atoms with van der Waals surface area (Å²) in [6.07, 6.45) is 0.625. The van der Waals surface area contributed by atoms with E-state index in [0.717, 1.165) is 18.5 Å². The van der Waals surface area contributed by atoms with Crippen LogP contribution in [0.3, 0.4) is 0 Å². The highest BCUT2D eigenvalue weighted by Crippen LogP contribution is 2.30. The molecule has 21 heavy (non-hydrogen) atoms. The van der Waals surface area contributed by atoms with Crippen molar-refractivity contribution in [2.75, 3.05) is 13.1 Å². The highest BCUT2D eigenvalue weighted by atomic mass is 16.6. The second-order valence-electron chi connectivity index (χ2n) is 6.45. The van der Waals surface area contributed by atoms with Gasteiger partial charge in [0.25, 0.3) is 0 Å². The van der Waals surface area contributed by atoms with Crippen LogP contribution in [0, 0.1) is 5.92 Å². The topological polar surface area (TPSA) is 70.6 Å². The van der Waals surface area contributed by atoms with Gasteiger partial charge in [-0.2, -0.15) is 0 Å². The van der Waals surface area contributed by atoms with Gasteiger partial charge in [0.15, 0.2) is 0 Å². The van der Waals surface area contributed by atoms with Gasteiger partial charge in [-0.15, -0.1) is 0 Å². The van der Waals surface area contributed by atoms with Crippen molar-refractivity contribution in [3.63, 3.8) is 0 Å². The van der Waals surface area contributed by atoms with E-state index in [2.05, 4.69) is 10.6 Å². The molecule has 0 aromatic heterocycles. The molecule has 0 saturated carbocycles. The lowest BCUT2D eigenvalue weighted by Gasteiger charge is -2.23. The van der Waals surface area contributed by atoms with Gasteiger partial charge in [-0.3, -0.25) is 0 Å². The smallest absolute Gasteiger partial charge is 0.407 e. The van der Waals surface area contributed by atoms with E-state index in [1.807, 2.05) is 32.9 Å². The molecule has 5 nitrogen and oxygen atoms in total. The van der Waals surface area contributed by atoms with Gasteiger partial charge in [0, 0.05) is 12.6 Å². The second-order valence-corrected chi connectivity index (χ2v) is 6.45. The van der Waals surface area contributed by atoms with Crippen LogP contribution in [0.2, 0.25) is 0 Å². The van der Waals surface area contributed by atoms with Crippen molar-refractivity contribution in [2.24, 2.45) is 5.92 Å². The third-order valence-corrected chi connectivity index (χ3v) is 3.51. The first-order chi connectivity index (χ1) is 9.85. The number of hydrogen-bond donors (Lipinski definition) is 3. The first kappa shape index (κ1) is 15.6. The average Bonchev–Trinajstić information content (AvgIpc) is 2.83. The molecule has 1 aromatic carbocycles. The Morgan fingerprint density at radius 3 is 2.67 bits per heavy atom. The summed E-state index contributed by atoms with van der Waals surface area (Å²) in [5.41, 5.74) is 0.648. The summed E-state index contributed by atoms with van der Waals surface area (Å²) in [6.45, 7) is 7.05. The molecule has 116 valence electrons. The standard InChI is InChI=1S/C16H24N2O3/c1-16(2,3)21-15(20)18-10-12-8-9-17-14(12)11-4-6-13(19)7-5-11/h4-7,12,14,17,19H,8-10H2,1-3H3,(H,18,20). The molecule has 0 spiro atoms. The molecule has 1 aliphatic rings. The monoisotopic (exact) mass is 292 g/mol. The zero-order valence-corrected chi connectivity index (χ0v) is 12.8. The molecule has 1 aromatic rings. The van der Waals surface area contributed by atoms with Crippen molar-refractivity contribution in [1.29, 1.82) is 0 Å². The Hall–Kier alpha value is -1.75. The van der Waals surface area contributed by atoms with Gasteiger partial charge in [-0.05, 0) is 57.4 Å². The van der Waals surface area contributed by atoms with Gasteiger partial charge in [0.1, 0.15) is 11.4 Å². The lowest BCUT2D eigenvalue weighted by atomic mass is 9.94. The summed E-state index contributed by atoms with van der Waals surface area (Å²) in [5.74, 6) is 0.585. The number of carbonyl (C=O) groups excluding carboxylic acids is 1. The largest absolute Gasteiger partial charge is 0.508 e. The van der Waals surface area contributed by atoms with E-state index in [0.29, 0.717) is 12.5 Å². The molecule has 5 heteroatoms. The van der Waals surface area contributed by atoms with Gasteiger partial charge in [0.2, 0.25) is 0 Å². The summed E-state index contributed by atoms with van der Waals surface area (Å²) in [4.78, 5) is 11.7. The first-order valence-corrected chi connectivity index (χ1v) is 7.34. The van der Waals surface area contributed by atoms with Gasteiger partial charge < -0.3 is 20.5 Å². The third-order valence-electron chi connectivity index (χ3n) is 3.51. The molecule has 2 unspecified atom stereocenters. The summed E-state index contributed by atoms with van der Waals surface area (Å²) < 4.78 is 5.25. The molecule has 3 N–H and O–H groups in total. The molecular formula is C16H24N2O3. The van der Waals surface area contributed by atoms with E-state index in [1.54, 1.807) is 12.1 Å². The number of aromatic hydroxyl groups is 1. The van der Waals surface area contributed by atoms with E-state index in [9.17, 15) is 9.90 Å². The normalized spacial score (nSPS) is 22.0. The van der Waals surface area contributed by atoms with Crippen LogP contribution in [-0.2, 0) is 4.74 Å². The molecule has 1 fully saturated rings. The van der Waals surface area contributed by atoms with Gasteiger partial charge in [0.05, 0.1) is 0 Å². The van der Waals surface area contributed by atoms with E-state index < -0.39 is 5.60 Å². The second kappa shape index (κ2) is 6.35. The van der Waals surface area contributed by atoms with E-state index in [4.69, 9.17) is 4.74 Å². The maximum atomic E-state index is 11.7. The molecular weight excluding hydrogens is 268 g/mol. The van der Waals surface area contributed by atoms with Gasteiger partial charge >= 0.3 is 6.09 Å². The summed E-state index contributed by atoms with van der Waals surface area (Å²) in [6, 6.07) is 7.40. The molecule has 1 aliphatic heterocycles. The summed E-state index contributed by atoms with van der Waals surface area (Å²) in [5, 5.41) is 15.6. The van der Waals surface area contributed by atoms with Crippen molar-refractivity contribution >= 4 is 6.09 Å². The zero-order valence-electron chi connectivity index (χ0n) is 12.8. The fraction of sp³-hybridized carbons (Fsp3) is 0.562. The van der Waals surface area contributed by atoms with Crippen LogP contribution in [-0.4, -0.2) is 29.9 Å². The number of nitrogens with one attached hydrogen (secondary N) is 2. The van der Waals surface area contributed by atoms with Gasteiger partial charge in [-0.1, -0.05) is 12.1 Å². The van der Waals surface area contributed by atoms with Gasteiger partial charge in [-0.25, -0.2) is 4.79 Å². The van der Waals surface area contributed by atoms with Crippen LogP contribution in [0.1, 0.15) is 38.8 Å². The molecule has 0 aliphatic carbocycles. The summed E-state index contributed by atoms with van der Waals surface area (Å²) in [7, 11) is 0. The zero-order chi connectivity index (χ0) is 15.5. The van der Waals surface area contributed by atoms with Crippen LogP contribution < -0.4 is 10.6 Å². The quantitative estimate of drug-likeness (QED) is 0.801. The first-order valence-electron chi connectivity index (χ1n) is 7.34. The Balaban J connectivity index is 1.90. The fourth-order valence-corrected chi connectivity index (χ4v) is 2.58. The minimum atomic E-state index is -0.478. The number of alkyl carbamates (subject to hydrolysis) is 1. The molecule has 2 rings (SSSR count). The molecule has 0 radical (unpaired) electrons. The van der Waals surface area contributed by atoms with Crippen molar-refractivity contribution < 1.29 is 14.6 Å². The number of benzene rings is 1. The van der Waals surface area contributed by atoms with Crippen LogP contribution in [0.4, 0.5) is 4.79 Å². The number of hydrogen-bond acceptors (Lipinski definition) is 4. The predicted molar refractivity (Wildman–Crippen MR) is 81.2 cm³/mol. The molecule has 2 atom stereocenters. The summed E-state index contributed by atoms with van der Waals surface area (Å²) >= 11 is 0. The lowest BCUT2D eigenvalue weighted by Crippen LogP contribution is -2.36. The highest BCUT2D eigenvalue weighted by Gasteiger charge is 2.29. The number of rotatable bonds is 3. The van der Waals surface area contributed by atoms with Crippen LogP contribution in [0.25, 0.3) is 0 Å². The third kappa shape index (κ3) is 4.63. The Morgan fingerprint density at radius 2 is 2.05 bits per heavy atom. The van der Waals surface area contributed by atoms with Crippen molar-refractivity contribution in [3.8, 4) is 5.75 Å². The maximum absolute atomic E-state index is 11.7. The van der Waals surface area contributed by atoms with Crippen LogP contribution in [0.15, 0.2) is 24.3 Å². The molecule has 1 heterocycles. The number of phenols is 1. The van der Waals surface area contributed by atoms with E-state index >= 15 is 0 Å². The molecule has 1 saturated heterocycles. The number of ether oxygens (including phenoxy) is 1. The lowest BCUT2D eigenvalue weighted by molar-refractivity contribution is 0.0518. The Morgan fingerprint density at radius 1 is 1.38 bits per heavy atom. The Bertz CT molecular complexity index is 479. The number of carbonyl (C=O) groups is 1. The Kier molecular flexibility index (Phi) is 4.73. The SMILES string of the molecule is CC(C)(C)OC(=O)NCC1CCNC1c1ccc(O)cc1. The molecule has 0 bridgehead atoms. The van der Waals surface area contributed by atoms with Crippen molar-refractivity contribution in [2.45, 2.75) is 38.8 Å². The van der Waals surface area contributed by atoms with E-state index in [-0.39, 0.29) is 17.9 Å². The highest BCUT2D eigenvalue weighted by molar-refractivity contribution is 5.67. The number of amides is 1. The van der Waals surface area contributed by atoms with Crippen molar-refractivity contribution in [3.05, 3.63) is 29.8 Å². The van der Waals surface area contributed by atoms with Crippen molar-refractivity contribution in [1.82, 2.24) is 10.6 Å².